The molecule has 0 saturated heterocycles. The summed E-state index contributed by atoms with van der Waals surface area (Å²) in [7, 11) is 1.87. The average molecular weight is 352 g/mol. The van der Waals surface area contributed by atoms with E-state index >= 15 is 0 Å². The van der Waals surface area contributed by atoms with Crippen LogP contribution in [0.5, 0.6) is 0 Å². The lowest BCUT2D eigenvalue weighted by Crippen LogP contribution is -2.41. The van der Waals surface area contributed by atoms with Gasteiger partial charge in [0.25, 0.3) is 5.91 Å². The highest BCUT2D eigenvalue weighted by Gasteiger charge is 2.36. The van der Waals surface area contributed by atoms with Gasteiger partial charge in [-0.1, -0.05) is 25.1 Å². The number of benzene rings is 1. The first-order valence-corrected chi connectivity index (χ1v) is 9.13. The van der Waals surface area contributed by atoms with E-state index in [1.54, 1.807) is 10.9 Å². The van der Waals surface area contributed by atoms with Gasteiger partial charge in [0.05, 0.1) is 18.3 Å². The van der Waals surface area contributed by atoms with Crippen LogP contribution < -0.4 is 5.32 Å². The van der Waals surface area contributed by atoms with Gasteiger partial charge in [0.1, 0.15) is 5.69 Å². The van der Waals surface area contributed by atoms with E-state index < -0.39 is 0 Å². The van der Waals surface area contributed by atoms with Gasteiger partial charge in [-0.25, -0.2) is 0 Å². The summed E-state index contributed by atoms with van der Waals surface area (Å²) in [4.78, 5) is 16.4. The Morgan fingerprint density at radius 3 is 2.85 bits per heavy atom. The fourth-order valence-corrected chi connectivity index (χ4v) is 3.95. The first-order chi connectivity index (χ1) is 12.6. The van der Waals surface area contributed by atoms with Gasteiger partial charge < -0.3 is 15.4 Å². The number of rotatable bonds is 5. The smallest absolute Gasteiger partial charge is 0.268 e. The molecule has 0 bridgehead atoms. The minimum Gasteiger partial charge on any atom is -0.393 e. The second kappa shape index (κ2) is 6.61. The number of amides is 1. The lowest BCUT2D eigenvalue weighted by molar-refractivity contribution is 0.0234. The van der Waals surface area contributed by atoms with Crippen molar-refractivity contribution in [1.82, 2.24) is 20.1 Å². The highest BCUT2D eigenvalue weighted by molar-refractivity contribution is 6.01. The van der Waals surface area contributed by atoms with Crippen LogP contribution >= 0.6 is 0 Å². The summed E-state index contributed by atoms with van der Waals surface area (Å²) in [6, 6.07) is 7.85. The lowest BCUT2D eigenvalue weighted by Gasteiger charge is -2.37. The van der Waals surface area contributed by atoms with Gasteiger partial charge in [0, 0.05) is 29.7 Å². The second-order valence-corrected chi connectivity index (χ2v) is 7.16. The Morgan fingerprint density at radius 2 is 2.19 bits per heavy atom. The number of aryl methyl sites for hydroxylation is 2. The maximum Gasteiger partial charge on any atom is 0.268 e. The Balaban J connectivity index is 1.64. The van der Waals surface area contributed by atoms with Gasteiger partial charge in [-0.05, 0) is 36.8 Å². The summed E-state index contributed by atoms with van der Waals surface area (Å²) in [5.74, 6) is 0.126. The molecule has 26 heavy (non-hydrogen) atoms. The molecule has 1 atom stereocenters. The van der Waals surface area contributed by atoms with Crippen LogP contribution in [0, 0.1) is 5.92 Å². The first kappa shape index (κ1) is 16.8. The van der Waals surface area contributed by atoms with Crippen molar-refractivity contribution in [2.24, 2.45) is 13.0 Å². The topological polar surface area (TPSA) is 82.9 Å². The molecule has 1 aromatic carbocycles. The third-order valence-corrected chi connectivity index (χ3v) is 5.39. The van der Waals surface area contributed by atoms with Crippen LogP contribution in [-0.2, 0) is 13.5 Å². The van der Waals surface area contributed by atoms with E-state index in [4.69, 9.17) is 0 Å². The number of H-pyrrole nitrogens is 1. The van der Waals surface area contributed by atoms with Gasteiger partial charge in [-0.3, -0.25) is 9.48 Å². The molecule has 6 heteroatoms. The molecule has 1 saturated carbocycles. The highest BCUT2D eigenvalue weighted by Crippen LogP contribution is 2.38. The summed E-state index contributed by atoms with van der Waals surface area (Å²) >= 11 is 0. The number of para-hydroxylation sites is 1. The molecule has 1 aliphatic carbocycles. The lowest BCUT2D eigenvalue weighted by atomic mass is 9.75. The number of aromatic nitrogens is 3. The van der Waals surface area contributed by atoms with Crippen LogP contribution in [0.15, 0.2) is 36.7 Å². The van der Waals surface area contributed by atoms with Crippen molar-refractivity contribution < 1.29 is 9.90 Å². The number of carbonyl (C=O) groups is 1. The van der Waals surface area contributed by atoms with Gasteiger partial charge in [-0.2, -0.15) is 5.10 Å². The number of aromatic amines is 1. The molecule has 0 radical (unpaired) electrons. The summed E-state index contributed by atoms with van der Waals surface area (Å²) in [5.41, 5.74) is 3.62. The maximum atomic E-state index is 13.1. The normalized spacial score (nSPS) is 20.7. The van der Waals surface area contributed by atoms with Crippen molar-refractivity contribution in [2.75, 3.05) is 0 Å². The SMILES string of the molecule is CCc1c(C(=O)NC(c2cnn(C)c2)C2CC(O)C2)[nH]c2ccccc12. The predicted molar refractivity (Wildman–Crippen MR) is 99.8 cm³/mol. The Morgan fingerprint density at radius 1 is 1.42 bits per heavy atom. The van der Waals surface area contributed by atoms with Crippen LogP contribution in [0.4, 0.5) is 0 Å². The maximum absolute atomic E-state index is 13.1. The van der Waals surface area contributed by atoms with E-state index in [0.29, 0.717) is 18.5 Å². The van der Waals surface area contributed by atoms with Crippen LogP contribution in [0.3, 0.4) is 0 Å². The third-order valence-electron chi connectivity index (χ3n) is 5.39. The van der Waals surface area contributed by atoms with Gasteiger partial charge >= 0.3 is 0 Å². The fraction of sp³-hybridized carbons (Fsp3) is 0.400. The third kappa shape index (κ3) is 2.90. The Kier molecular flexibility index (Phi) is 4.28. The number of carbonyl (C=O) groups excluding carboxylic acids is 1. The molecule has 1 amide bonds. The minimum absolute atomic E-state index is 0.103. The first-order valence-electron chi connectivity index (χ1n) is 9.13. The predicted octanol–water partition coefficient (Wildman–Crippen LogP) is 2.71. The zero-order valence-electron chi connectivity index (χ0n) is 15.1. The van der Waals surface area contributed by atoms with E-state index in [1.165, 1.54) is 0 Å². The molecule has 2 aromatic heterocycles. The van der Waals surface area contributed by atoms with Gasteiger partial charge in [0.2, 0.25) is 0 Å². The average Bonchev–Trinajstić information content (AvgIpc) is 3.20. The summed E-state index contributed by atoms with van der Waals surface area (Å²) < 4.78 is 1.74. The van der Waals surface area contributed by atoms with E-state index in [9.17, 15) is 9.90 Å². The quantitative estimate of drug-likeness (QED) is 0.660. The molecule has 6 nitrogen and oxygen atoms in total. The molecule has 1 fully saturated rings. The summed E-state index contributed by atoms with van der Waals surface area (Å²) in [6.45, 7) is 2.06. The van der Waals surface area contributed by atoms with E-state index in [0.717, 1.165) is 28.5 Å². The van der Waals surface area contributed by atoms with Crippen LogP contribution in [0.2, 0.25) is 0 Å². The van der Waals surface area contributed by atoms with Crippen molar-refractivity contribution in [3.8, 4) is 0 Å². The Bertz CT molecular complexity index is 936. The summed E-state index contributed by atoms with van der Waals surface area (Å²) in [6.07, 6.45) is 5.64. The molecule has 136 valence electrons. The van der Waals surface area contributed by atoms with Crippen molar-refractivity contribution in [1.29, 1.82) is 0 Å². The van der Waals surface area contributed by atoms with Crippen LogP contribution in [0.25, 0.3) is 10.9 Å². The largest absolute Gasteiger partial charge is 0.393 e. The molecular weight excluding hydrogens is 328 g/mol. The minimum atomic E-state index is -0.268. The zero-order chi connectivity index (χ0) is 18.3. The molecule has 1 unspecified atom stereocenters. The van der Waals surface area contributed by atoms with E-state index in [-0.39, 0.29) is 24.0 Å². The molecule has 3 N–H and O–H groups in total. The molecule has 0 spiro atoms. The number of nitrogens with one attached hydrogen (secondary N) is 2. The Labute approximate surface area is 152 Å². The fourth-order valence-electron chi connectivity index (χ4n) is 3.95. The molecule has 1 aliphatic rings. The van der Waals surface area contributed by atoms with Crippen molar-refractivity contribution in [3.05, 3.63) is 53.5 Å². The van der Waals surface area contributed by atoms with Crippen molar-refractivity contribution in [3.63, 3.8) is 0 Å². The Hall–Kier alpha value is -2.60. The standard InChI is InChI=1S/C20H24N4O2/c1-3-15-16-6-4-5-7-17(16)22-19(15)20(26)23-18(12-8-14(25)9-12)13-10-21-24(2)11-13/h4-7,10-12,14,18,22,25H,3,8-9H2,1-2H3,(H,23,26). The van der Waals surface area contributed by atoms with E-state index in [1.807, 2.05) is 37.5 Å². The number of fused-ring (bicyclic) bond motifs is 1. The van der Waals surface area contributed by atoms with Crippen molar-refractivity contribution in [2.45, 2.75) is 38.3 Å². The molecular formula is C20H24N4O2. The highest BCUT2D eigenvalue weighted by atomic mass is 16.3. The number of hydrogen-bond donors (Lipinski definition) is 3. The van der Waals surface area contributed by atoms with Crippen LogP contribution in [0.1, 0.15) is 47.4 Å². The van der Waals surface area contributed by atoms with Crippen LogP contribution in [-0.4, -0.2) is 31.9 Å². The van der Waals surface area contributed by atoms with Crippen molar-refractivity contribution >= 4 is 16.8 Å². The molecule has 2 heterocycles. The van der Waals surface area contributed by atoms with E-state index in [2.05, 4.69) is 22.3 Å². The zero-order valence-corrected chi connectivity index (χ0v) is 15.1. The molecule has 4 rings (SSSR count). The number of hydrogen-bond acceptors (Lipinski definition) is 3. The number of aliphatic hydroxyl groups is 1. The monoisotopic (exact) mass is 352 g/mol. The van der Waals surface area contributed by atoms with Gasteiger partial charge in [0.15, 0.2) is 0 Å². The molecule has 3 aromatic rings. The number of nitrogens with zero attached hydrogens (tertiary/aromatic N) is 2. The second-order valence-electron chi connectivity index (χ2n) is 7.16. The van der Waals surface area contributed by atoms with Gasteiger partial charge in [-0.15, -0.1) is 0 Å². The number of aliphatic hydroxyl groups excluding tert-OH is 1. The molecule has 0 aliphatic heterocycles. The summed E-state index contributed by atoms with van der Waals surface area (Å²) in [5, 5.41) is 18.2.